The van der Waals surface area contributed by atoms with E-state index < -0.39 is 0 Å². The molecule has 1 atom stereocenters. The molecule has 0 heterocycles. The Morgan fingerprint density at radius 3 is 2.50 bits per heavy atom. The molecule has 0 radical (unpaired) electrons. The molecule has 0 aliphatic carbocycles. The third-order valence-electron chi connectivity index (χ3n) is 3.76. The molecule has 0 spiro atoms. The molecule has 0 saturated heterocycles. The Balaban J connectivity index is 2.35. The summed E-state index contributed by atoms with van der Waals surface area (Å²) in [7, 11) is 0. The highest BCUT2D eigenvalue weighted by molar-refractivity contribution is 6.31. The molecule has 1 unspecified atom stereocenters. The summed E-state index contributed by atoms with van der Waals surface area (Å²) >= 11 is 5.86. The molecule has 1 aromatic rings. The van der Waals surface area contributed by atoms with Crippen molar-refractivity contribution >= 4 is 23.3 Å². The summed E-state index contributed by atoms with van der Waals surface area (Å²) in [4.78, 5) is 26.1. The fraction of sp³-hybridized carbons (Fsp3) is 0.529. The second kappa shape index (κ2) is 9.59. The average Bonchev–Trinajstić information content (AvgIpc) is 2.51. The number of benzene rings is 1. The van der Waals surface area contributed by atoms with Crippen LogP contribution in [0.3, 0.4) is 0 Å². The third kappa shape index (κ3) is 6.16. The van der Waals surface area contributed by atoms with Crippen LogP contribution in [0.4, 0.5) is 0 Å². The Morgan fingerprint density at radius 2 is 1.91 bits per heavy atom. The predicted octanol–water partition coefficient (Wildman–Crippen LogP) is 3.15. The minimum atomic E-state index is -0.0885. The SMILES string of the molecule is CCN(CC)C(C)CNC(=O)CCC(=O)c1cccc(Cl)c1. The van der Waals surface area contributed by atoms with Crippen molar-refractivity contribution in [1.29, 1.82) is 0 Å². The minimum absolute atomic E-state index is 0.0607. The van der Waals surface area contributed by atoms with Gasteiger partial charge in [-0.15, -0.1) is 0 Å². The molecule has 0 bridgehead atoms. The lowest BCUT2D eigenvalue weighted by molar-refractivity contribution is -0.121. The zero-order chi connectivity index (χ0) is 16.5. The molecule has 5 heteroatoms. The van der Waals surface area contributed by atoms with Gasteiger partial charge in [0.15, 0.2) is 5.78 Å². The largest absolute Gasteiger partial charge is 0.355 e. The van der Waals surface area contributed by atoms with E-state index in [-0.39, 0.29) is 24.5 Å². The topological polar surface area (TPSA) is 49.4 Å². The Morgan fingerprint density at radius 1 is 1.23 bits per heavy atom. The monoisotopic (exact) mass is 324 g/mol. The summed E-state index contributed by atoms with van der Waals surface area (Å²) in [6, 6.07) is 7.10. The number of ketones is 1. The number of rotatable bonds is 9. The van der Waals surface area contributed by atoms with Gasteiger partial charge < -0.3 is 5.32 Å². The first-order valence-corrected chi connectivity index (χ1v) is 8.15. The summed E-state index contributed by atoms with van der Waals surface area (Å²) in [5, 5.41) is 3.42. The van der Waals surface area contributed by atoms with E-state index in [9.17, 15) is 9.59 Å². The van der Waals surface area contributed by atoms with Crippen molar-refractivity contribution in [2.75, 3.05) is 19.6 Å². The van der Waals surface area contributed by atoms with E-state index in [1.54, 1.807) is 24.3 Å². The van der Waals surface area contributed by atoms with Gasteiger partial charge in [0.25, 0.3) is 0 Å². The molecule has 0 fully saturated rings. The summed E-state index contributed by atoms with van der Waals surface area (Å²) in [6.07, 6.45) is 0.405. The fourth-order valence-electron chi connectivity index (χ4n) is 2.36. The Bertz CT molecular complexity index is 501. The number of hydrogen-bond acceptors (Lipinski definition) is 3. The van der Waals surface area contributed by atoms with Crippen LogP contribution in [-0.2, 0) is 4.79 Å². The number of carbonyl (C=O) groups is 2. The molecule has 4 nitrogen and oxygen atoms in total. The highest BCUT2D eigenvalue weighted by Gasteiger charge is 2.13. The second-order valence-electron chi connectivity index (χ2n) is 5.31. The zero-order valence-electron chi connectivity index (χ0n) is 13.6. The van der Waals surface area contributed by atoms with Crippen molar-refractivity contribution in [1.82, 2.24) is 10.2 Å². The molecule has 0 saturated carbocycles. The van der Waals surface area contributed by atoms with Crippen LogP contribution in [0.2, 0.25) is 5.02 Å². The molecule has 0 aromatic heterocycles. The number of nitrogens with one attached hydrogen (secondary N) is 1. The second-order valence-corrected chi connectivity index (χ2v) is 5.74. The number of halogens is 1. The van der Waals surface area contributed by atoms with Crippen LogP contribution in [0.5, 0.6) is 0 Å². The van der Waals surface area contributed by atoms with Crippen molar-refractivity contribution in [3.05, 3.63) is 34.9 Å². The Kier molecular flexibility index (Phi) is 8.13. The number of hydrogen-bond donors (Lipinski definition) is 1. The zero-order valence-corrected chi connectivity index (χ0v) is 14.3. The van der Waals surface area contributed by atoms with E-state index in [4.69, 9.17) is 11.6 Å². The van der Waals surface area contributed by atoms with E-state index in [1.165, 1.54) is 0 Å². The van der Waals surface area contributed by atoms with Gasteiger partial charge in [0, 0.05) is 36.0 Å². The van der Waals surface area contributed by atoms with Crippen LogP contribution in [0, 0.1) is 0 Å². The molecule has 1 N–H and O–H groups in total. The number of likely N-dealkylation sites (N-methyl/N-ethyl adjacent to an activating group) is 1. The Labute approximate surface area is 137 Å². The molecule has 0 aliphatic heterocycles. The van der Waals surface area contributed by atoms with E-state index in [0.717, 1.165) is 13.1 Å². The fourth-order valence-corrected chi connectivity index (χ4v) is 2.55. The van der Waals surface area contributed by atoms with Crippen molar-refractivity contribution < 1.29 is 9.59 Å². The molecule has 122 valence electrons. The maximum Gasteiger partial charge on any atom is 0.220 e. The van der Waals surface area contributed by atoms with Gasteiger partial charge in [-0.2, -0.15) is 0 Å². The van der Waals surface area contributed by atoms with Crippen LogP contribution in [0.25, 0.3) is 0 Å². The van der Waals surface area contributed by atoms with Gasteiger partial charge in [-0.25, -0.2) is 0 Å². The van der Waals surface area contributed by atoms with E-state index in [2.05, 4.69) is 31.0 Å². The first-order valence-electron chi connectivity index (χ1n) is 7.77. The first-order chi connectivity index (χ1) is 10.5. The molecule has 1 amide bonds. The van der Waals surface area contributed by atoms with Gasteiger partial charge in [-0.3, -0.25) is 14.5 Å². The molecule has 1 rings (SSSR count). The average molecular weight is 325 g/mol. The van der Waals surface area contributed by atoms with Gasteiger partial charge in [-0.1, -0.05) is 37.6 Å². The standard InChI is InChI=1S/C17H25ClN2O2/c1-4-20(5-2)13(3)12-19-17(22)10-9-16(21)14-7-6-8-15(18)11-14/h6-8,11,13H,4-5,9-10,12H2,1-3H3,(H,19,22). The van der Waals surface area contributed by atoms with Crippen LogP contribution < -0.4 is 5.32 Å². The molecular weight excluding hydrogens is 300 g/mol. The summed E-state index contributed by atoms with van der Waals surface area (Å²) in [6.45, 7) is 8.81. The number of nitrogens with zero attached hydrogens (tertiary/aromatic N) is 1. The summed E-state index contributed by atoms with van der Waals surface area (Å²) in [5.41, 5.74) is 0.553. The van der Waals surface area contributed by atoms with Crippen molar-refractivity contribution in [3.8, 4) is 0 Å². The number of Topliss-reactive ketones (excluding diaryl/α,β-unsaturated/α-hetero) is 1. The minimum Gasteiger partial charge on any atom is -0.355 e. The Hall–Kier alpha value is -1.39. The van der Waals surface area contributed by atoms with E-state index in [1.807, 2.05) is 0 Å². The number of amides is 1. The van der Waals surface area contributed by atoms with Gasteiger partial charge in [-0.05, 0) is 32.1 Å². The van der Waals surface area contributed by atoms with Crippen LogP contribution in [0.1, 0.15) is 44.0 Å². The van der Waals surface area contributed by atoms with Gasteiger partial charge in [0.2, 0.25) is 5.91 Å². The summed E-state index contributed by atoms with van der Waals surface area (Å²) < 4.78 is 0. The lowest BCUT2D eigenvalue weighted by Gasteiger charge is -2.26. The van der Waals surface area contributed by atoms with E-state index >= 15 is 0 Å². The lowest BCUT2D eigenvalue weighted by Crippen LogP contribution is -2.42. The quantitative estimate of drug-likeness (QED) is 0.710. The molecule has 1 aromatic carbocycles. The maximum atomic E-state index is 12.0. The van der Waals surface area contributed by atoms with Crippen molar-refractivity contribution in [3.63, 3.8) is 0 Å². The van der Waals surface area contributed by atoms with Crippen molar-refractivity contribution in [2.45, 2.75) is 39.7 Å². The molecule has 0 aliphatic rings. The van der Waals surface area contributed by atoms with Crippen LogP contribution >= 0.6 is 11.6 Å². The molecule has 22 heavy (non-hydrogen) atoms. The van der Waals surface area contributed by atoms with Gasteiger partial charge in [0.05, 0.1) is 0 Å². The lowest BCUT2D eigenvalue weighted by atomic mass is 10.1. The maximum absolute atomic E-state index is 12.0. The predicted molar refractivity (Wildman–Crippen MR) is 90.4 cm³/mol. The first kappa shape index (κ1) is 18.7. The normalized spacial score (nSPS) is 12.2. The highest BCUT2D eigenvalue weighted by Crippen LogP contribution is 2.13. The van der Waals surface area contributed by atoms with Crippen LogP contribution in [0.15, 0.2) is 24.3 Å². The van der Waals surface area contributed by atoms with Crippen LogP contribution in [-0.4, -0.2) is 42.3 Å². The smallest absolute Gasteiger partial charge is 0.220 e. The van der Waals surface area contributed by atoms with Crippen molar-refractivity contribution in [2.24, 2.45) is 0 Å². The number of carbonyl (C=O) groups excluding carboxylic acids is 2. The molecular formula is C17H25ClN2O2. The van der Waals surface area contributed by atoms with Gasteiger partial charge in [0.1, 0.15) is 0 Å². The summed E-state index contributed by atoms with van der Waals surface area (Å²) in [5.74, 6) is -0.149. The highest BCUT2D eigenvalue weighted by atomic mass is 35.5. The van der Waals surface area contributed by atoms with Gasteiger partial charge >= 0.3 is 0 Å². The van der Waals surface area contributed by atoms with E-state index in [0.29, 0.717) is 23.2 Å². The third-order valence-corrected chi connectivity index (χ3v) is 3.99.